The Balaban J connectivity index is 2.22. The van der Waals surface area contributed by atoms with E-state index < -0.39 is 72.1 Å². The monoisotopic (exact) mass is 743 g/mol. The number of carbonyl (C=O) groups is 2. The number of methoxy groups -OCH3 is 1. The highest BCUT2D eigenvalue weighted by Crippen LogP contribution is 2.38. The predicted molar refractivity (Wildman–Crippen MR) is 156 cm³/mol. The zero-order valence-corrected chi connectivity index (χ0v) is 25.4. The van der Waals surface area contributed by atoms with Crippen LogP contribution in [0.15, 0.2) is 66.9 Å². The number of rotatable bonds is 12. The van der Waals surface area contributed by atoms with Gasteiger partial charge in [-0.25, -0.2) is 18.4 Å². The number of carbonyl (C=O) groups excluding carboxylic acids is 2. The molecule has 2 aromatic carbocycles. The second-order valence-electron chi connectivity index (χ2n) is 9.14. The lowest BCUT2D eigenvalue weighted by Gasteiger charge is -2.36. The summed E-state index contributed by atoms with van der Waals surface area (Å²) in [5.41, 5.74) is -1.65. The van der Waals surface area contributed by atoms with Crippen LogP contribution >= 0.6 is 32.3 Å². The van der Waals surface area contributed by atoms with E-state index in [1.165, 1.54) is 25.3 Å². The van der Waals surface area contributed by atoms with Crippen molar-refractivity contribution in [1.29, 1.82) is 0 Å². The fourth-order valence-electron chi connectivity index (χ4n) is 4.12. The molecule has 0 aliphatic heterocycles. The van der Waals surface area contributed by atoms with E-state index in [9.17, 15) is 31.5 Å². The molecule has 3 aromatic rings. The summed E-state index contributed by atoms with van der Waals surface area (Å²) < 4.78 is 93.5. The fourth-order valence-corrected chi connectivity index (χ4v) is 5.58. The Morgan fingerprint density at radius 2 is 1.77 bits per heavy atom. The molecule has 7 nitrogen and oxygen atoms in total. The highest BCUT2D eigenvalue weighted by molar-refractivity contribution is 14.2. The number of alkyl halides is 6. The van der Waals surface area contributed by atoms with Crippen LogP contribution in [0, 0.1) is 5.82 Å². The molecule has 232 valence electrons. The molecular weight excluding hydrogens is 719 g/mol. The number of nitrogens with one attached hydrogen (secondary N) is 2. The summed E-state index contributed by atoms with van der Waals surface area (Å²) >= 11 is 4.30. The lowest BCUT2D eigenvalue weighted by molar-refractivity contribution is -0.253. The van der Waals surface area contributed by atoms with Crippen molar-refractivity contribution >= 4 is 48.8 Å². The maximum atomic E-state index is 15.5. The van der Waals surface area contributed by atoms with Gasteiger partial charge in [-0.2, -0.15) is 17.6 Å². The molecule has 1 heterocycles. The summed E-state index contributed by atoms with van der Waals surface area (Å²) in [6.07, 6.45) is -8.21. The van der Waals surface area contributed by atoms with Gasteiger partial charge in [0.2, 0.25) is 0 Å². The molecule has 0 fully saturated rings. The maximum absolute atomic E-state index is 15.5. The Morgan fingerprint density at radius 1 is 1.09 bits per heavy atom. The Kier molecular flexibility index (Phi) is 11.0. The minimum Gasteiger partial charge on any atom is -0.466 e. The summed E-state index contributed by atoms with van der Waals surface area (Å²) in [5.74, 6) is -3.39. The molecule has 0 saturated carbocycles. The van der Waals surface area contributed by atoms with Crippen LogP contribution < -0.4 is 15.4 Å². The number of benzene rings is 2. The molecule has 0 spiro atoms. The number of halogens is 8. The molecule has 0 saturated heterocycles. The molecule has 3 atom stereocenters. The van der Waals surface area contributed by atoms with E-state index in [2.05, 4.69) is 29.6 Å². The first-order valence-corrected chi connectivity index (χ1v) is 15.2. The molecule has 0 radical (unpaired) electrons. The van der Waals surface area contributed by atoms with Crippen molar-refractivity contribution in [1.82, 2.24) is 15.6 Å². The van der Waals surface area contributed by atoms with Gasteiger partial charge >= 0.3 is 24.5 Å². The number of esters is 1. The lowest BCUT2D eigenvalue weighted by atomic mass is 9.80. The van der Waals surface area contributed by atoms with Gasteiger partial charge in [-0.05, 0) is 42.3 Å². The van der Waals surface area contributed by atoms with Gasteiger partial charge < -0.3 is 20.1 Å². The van der Waals surface area contributed by atoms with Gasteiger partial charge in [-0.3, -0.25) is 4.98 Å². The smallest absolute Gasteiger partial charge is 0.461 e. The third kappa shape index (κ3) is 7.96. The molecule has 0 aliphatic carbocycles. The van der Waals surface area contributed by atoms with Crippen molar-refractivity contribution in [2.45, 2.75) is 41.1 Å². The van der Waals surface area contributed by atoms with Crippen LogP contribution in [0.5, 0.6) is 5.75 Å². The molecule has 2 N–H and O–H groups in total. The van der Waals surface area contributed by atoms with Gasteiger partial charge in [0.15, 0.2) is 0 Å². The summed E-state index contributed by atoms with van der Waals surface area (Å²) in [6, 6.07) is 10.7. The Morgan fingerprint density at radius 3 is 2.33 bits per heavy atom. The second kappa shape index (κ2) is 13.9. The number of urea groups is 1. The average Bonchev–Trinajstić information content (AvgIpc) is 2.96. The number of hydrogen-bond donors (Lipinski definition) is 2. The van der Waals surface area contributed by atoms with E-state index in [0.717, 1.165) is 19.2 Å². The van der Waals surface area contributed by atoms with E-state index in [4.69, 9.17) is 11.6 Å². The molecule has 15 heteroatoms. The molecule has 3 rings (SSSR count). The minimum atomic E-state index is -4.97. The lowest BCUT2D eigenvalue weighted by Crippen LogP contribution is -2.57. The SMILES string of the molecule is C=IC(F)(C(=O)OC)C(C)NC(=O)N[C@@](Cc1ccccc1)(c1cc(F)cc(OC(F)(F)C(F)F)c1)c1ccc(Cl)cn1. The van der Waals surface area contributed by atoms with E-state index >= 15 is 4.39 Å². The van der Waals surface area contributed by atoms with E-state index in [-0.39, 0.29) is 22.7 Å². The van der Waals surface area contributed by atoms with Crippen LogP contribution in [0.3, 0.4) is 0 Å². The van der Waals surface area contributed by atoms with Crippen molar-refractivity contribution in [3.63, 3.8) is 0 Å². The van der Waals surface area contributed by atoms with Crippen molar-refractivity contribution in [2.75, 3.05) is 7.11 Å². The third-order valence-electron chi connectivity index (χ3n) is 6.22. The summed E-state index contributed by atoms with van der Waals surface area (Å²) in [7, 11) is 0.973. The maximum Gasteiger partial charge on any atom is 0.461 e. The molecule has 0 bridgehead atoms. The van der Waals surface area contributed by atoms with E-state index in [1.807, 2.05) is 0 Å². The van der Waals surface area contributed by atoms with Crippen molar-refractivity contribution in [3.8, 4) is 5.75 Å². The van der Waals surface area contributed by atoms with Crippen molar-refractivity contribution < 1.29 is 45.4 Å². The minimum absolute atomic E-state index is 0.00443. The molecular formula is C28H25ClF6IN3O4. The van der Waals surface area contributed by atoms with Crippen molar-refractivity contribution in [3.05, 3.63) is 94.5 Å². The van der Waals surface area contributed by atoms with Crippen LogP contribution in [-0.4, -0.2) is 50.9 Å². The molecule has 2 unspecified atom stereocenters. The normalized spacial score (nSPS) is 15.1. The average molecular weight is 744 g/mol. The Hall–Kier alpha value is -3.40. The fraction of sp³-hybridized carbons (Fsp3) is 0.286. The quantitative estimate of drug-likeness (QED) is 0.0955. The highest BCUT2D eigenvalue weighted by atomic mass is 127. The summed E-state index contributed by atoms with van der Waals surface area (Å²) in [4.78, 5) is 29.9. The number of ether oxygens (including phenoxy) is 2. The first kappa shape index (κ1) is 34.1. The van der Waals surface area contributed by atoms with Crippen LogP contribution in [0.1, 0.15) is 23.7 Å². The molecule has 2 amide bonds. The van der Waals surface area contributed by atoms with E-state index in [0.29, 0.717) is 11.6 Å². The molecule has 0 aliphatic rings. The first-order chi connectivity index (χ1) is 20.2. The van der Waals surface area contributed by atoms with Crippen LogP contribution in [0.4, 0.5) is 31.1 Å². The van der Waals surface area contributed by atoms with Gasteiger partial charge in [0.1, 0.15) is 17.1 Å². The number of aromatic nitrogens is 1. The van der Waals surface area contributed by atoms with E-state index in [1.54, 1.807) is 30.3 Å². The standard InChI is InChI=1S/C28H25ClF6IN3O4/c1-16(27(33,36-2)24(40)42-3)38-25(41)39-26(14-17-7-5-4-6-8-17,22-10-9-19(29)15-37-22)18-11-20(30)13-21(12-18)43-28(34,35)23(31)32/h4-13,15-16,23H,2,14H2,1,3H3,(H2,38,39,41)/t16?,26-,27?/m0/s1. The summed E-state index contributed by atoms with van der Waals surface area (Å²) in [5, 5.41) is 5.12. The van der Waals surface area contributed by atoms with Crippen LogP contribution in [0.2, 0.25) is 5.02 Å². The van der Waals surface area contributed by atoms with Gasteiger partial charge in [0.05, 0.1) is 23.9 Å². The van der Waals surface area contributed by atoms with Gasteiger partial charge in [0, 0.05) is 18.7 Å². The van der Waals surface area contributed by atoms with Crippen LogP contribution in [0.25, 0.3) is 0 Å². The largest absolute Gasteiger partial charge is 0.466 e. The second-order valence-corrected chi connectivity index (χ2v) is 11.9. The van der Waals surface area contributed by atoms with Gasteiger partial charge in [0.25, 0.3) is 3.68 Å². The Labute approximate surface area is 257 Å². The zero-order chi connectivity index (χ0) is 32.0. The van der Waals surface area contributed by atoms with Gasteiger partial charge in [-0.15, -0.1) is 0 Å². The highest BCUT2D eigenvalue weighted by Gasteiger charge is 2.47. The Bertz CT molecular complexity index is 1450. The first-order valence-electron chi connectivity index (χ1n) is 12.2. The molecule has 1 aromatic heterocycles. The molecule has 43 heavy (non-hydrogen) atoms. The number of nitrogens with zero attached hydrogens (tertiary/aromatic N) is 1. The van der Waals surface area contributed by atoms with Crippen molar-refractivity contribution in [2.24, 2.45) is 0 Å². The predicted octanol–water partition coefficient (Wildman–Crippen LogP) is 6.53. The van der Waals surface area contributed by atoms with Gasteiger partial charge in [-0.1, -0.05) is 67.2 Å². The number of hydrogen-bond acceptors (Lipinski definition) is 5. The third-order valence-corrected chi connectivity index (χ3v) is 8.93. The summed E-state index contributed by atoms with van der Waals surface area (Å²) in [6.45, 7) is 1.21. The zero-order valence-electron chi connectivity index (χ0n) is 22.5. The number of pyridine rings is 1. The topological polar surface area (TPSA) is 89.5 Å². The number of amides is 2. The van der Waals surface area contributed by atoms with Crippen LogP contribution in [-0.2, 0) is 21.5 Å².